The minimum Gasteiger partial charge on any atom is -0.370 e. The number of pyridine rings is 1. The van der Waals surface area contributed by atoms with E-state index in [-0.39, 0.29) is 16.7 Å². The Morgan fingerprint density at radius 2 is 2.44 bits per heavy atom. The van der Waals surface area contributed by atoms with E-state index >= 15 is 0 Å². The van der Waals surface area contributed by atoms with Crippen LogP contribution in [0.5, 0.6) is 0 Å². The first-order valence-corrected chi connectivity index (χ1v) is 5.37. The highest BCUT2D eigenvalue weighted by molar-refractivity contribution is 5.34. The minimum atomic E-state index is -0.304. The molecule has 4 nitrogen and oxygen atoms in total. The monoisotopic (exact) mass is 218 g/mol. The van der Waals surface area contributed by atoms with Crippen molar-refractivity contribution in [1.29, 1.82) is 5.26 Å². The summed E-state index contributed by atoms with van der Waals surface area (Å²) in [5, 5.41) is 8.76. The van der Waals surface area contributed by atoms with Crippen LogP contribution in [0.25, 0.3) is 0 Å². The maximum absolute atomic E-state index is 11.5. The molecule has 0 aliphatic carbocycles. The van der Waals surface area contributed by atoms with Crippen LogP contribution in [0.4, 0.5) is 0 Å². The van der Waals surface area contributed by atoms with Gasteiger partial charge in [-0.2, -0.15) is 5.26 Å². The zero-order valence-corrected chi connectivity index (χ0v) is 9.46. The van der Waals surface area contributed by atoms with Crippen molar-refractivity contribution in [2.75, 3.05) is 0 Å². The second-order valence-electron chi connectivity index (χ2n) is 4.40. The van der Waals surface area contributed by atoms with Crippen LogP contribution in [-0.2, 0) is 17.8 Å². The van der Waals surface area contributed by atoms with E-state index in [1.807, 2.05) is 13.0 Å². The van der Waals surface area contributed by atoms with Crippen molar-refractivity contribution in [3.8, 4) is 6.07 Å². The first-order chi connectivity index (χ1) is 7.58. The molecule has 1 aromatic rings. The van der Waals surface area contributed by atoms with Gasteiger partial charge in [0.1, 0.15) is 11.6 Å². The van der Waals surface area contributed by atoms with E-state index in [1.54, 1.807) is 6.07 Å². The average Bonchev–Trinajstić information content (AvgIpc) is 2.28. The number of nitrogens with zero attached hydrogens (tertiary/aromatic N) is 1. The van der Waals surface area contributed by atoms with E-state index in [1.165, 1.54) is 0 Å². The standard InChI is InChI=1S/C12H14N2O2/c1-3-12(2)5-10-9(7-16-12)4-8(6-13)11(15)14-10/h4H,3,5,7H2,1-2H3,(H,14,15)/t12-/m1/s1. The van der Waals surface area contributed by atoms with E-state index in [0.717, 1.165) is 17.7 Å². The van der Waals surface area contributed by atoms with E-state index in [0.29, 0.717) is 13.0 Å². The molecule has 0 unspecified atom stereocenters. The Morgan fingerprint density at radius 1 is 1.69 bits per heavy atom. The molecule has 1 aromatic heterocycles. The molecule has 1 aliphatic heterocycles. The highest BCUT2D eigenvalue weighted by atomic mass is 16.5. The number of aromatic amines is 1. The quantitative estimate of drug-likeness (QED) is 0.776. The SMILES string of the molecule is CC[C@]1(C)Cc2[nH]c(=O)c(C#N)cc2CO1. The van der Waals surface area contributed by atoms with Crippen LogP contribution in [-0.4, -0.2) is 10.6 Å². The second kappa shape index (κ2) is 3.76. The van der Waals surface area contributed by atoms with Gasteiger partial charge >= 0.3 is 0 Å². The summed E-state index contributed by atoms with van der Waals surface area (Å²) in [5.74, 6) is 0. The van der Waals surface area contributed by atoms with E-state index in [4.69, 9.17) is 10.00 Å². The summed E-state index contributed by atoms with van der Waals surface area (Å²) >= 11 is 0. The van der Waals surface area contributed by atoms with Gasteiger partial charge in [0.15, 0.2) is 0 Å². The lowest BCUT2D eigenvalue weighted by molar-refractivity contribution is -0.0575. The number of rotatable bonds is 1. The van der Waals surface area contributed by atoms with Crippen molar-refractivity contribution in [2.45, 2.75) is 38.9 Å². The van der Waals surface area contributed by atoms with Crippen LogP contribution in [0.15, 0.2) is 10.9 Å². The van der Waals surface area contributed by atoms with Gasteiger partial charge in [0.2, 0.25) is 0 Å². The number of nitrogens with one attached hydrogen (secondary N) is 1. The predicted molar refractivity (Wildman–Crippen MR) is 59.0 cm³/mol. The van der Waals surface area contributed by atoms with Gasteiger partial charge in [0.25, 0.3) is 5.56 Å². The van der Waals surface area contributed by atoms with E-state index in [2.05, 4.69) is 11.9 Å². The highest BCUT2D eigenvalue weighted by Crippen LogP contribution is 2.28. The van der Waals surface area contributed by atoms with Crippen molar-refractivity contribution in [3.05, 3.63) is 33.2 Å². The van der Waals surface area contributed by atoms with Crippen LogP contribution in [0.1, 0.15) is 37.1 Å². The lowest BCUT2D eigenvalue weighted by atomic mass is 9.91. The third-order valence-corrected chi connectivity index (χ3v) is 3.21. The van der Waals surface area contributed by atoms with Gasteiger partial charge in [0.05, 0.1) is 12.2 Å². The smallest absolute Gasteiger partial charge is 0.266 e. The Hall–Kier alpha value is -1.60. The summed E-state index contributed by atoms with van der Waals surface area (Å²) in [6.45, 7) is 4.56. The maximum atomic E-state index is 11.5. The third-order valence-electron chi connectivity index (χ3n) is 3.21. The fourth-order valence-corrected chi connectivity index (χ4v) is 1.89. The van der Waals surface area contributed by atoms with Gasteiger partial charge in [-0.1, -0.05) is 6.92 Å². The van der Waals surface area contributed by atoms with Gasteiger partial charge in [-0.15, -0.1) is 0 Å². The molecule has 2 rings (SSSR count). The molecule has 0 spiro atoms. The molecule has 0 saturated carbocycles. The normalized spacial score (nSPS) is 23.6. The number of ether oxygens (including phenoxy) is 1. The number of aromatic nitrogens is 1. The van der Waals surface area contributed by atoms with Crippen molar-refractivity contribution in [3.63, 3.8) is 0 Å². The molecule has 0 bridgehead atoms. The topological polar surface area (TPSA) is 65.9 Å². The molecular weight excluding hydrogens is 204 g/mol. The summed E-state index contributed by atoms with van der Waals surface area (Å²) < 4.78 is 5.75. The molecule has 0 saturated heterocycles. The molecular formula is C12H14N2O2. The number of hydrogen-bond acceptors (Lipinski definition) is 3. The second-order valence-corrected chi connectivity index (χ2v) is 4.40. The van der Waals surface area contributed by atoms with Crippen LogP contribution in [0.3, 0.4) is 0 Å². The van der Waals surface area contributed by atoms with Gasteiger partial charge in [0, 0.05) is 12.1 Å². The van der Waals surface area contributed by atoms with E-state index in [9.17, 15) is 4.79 Å². The molecule has 0 amide bonds. The summed E-state index contributed by atoms with van der Waals surface area (Å²) in [6.07, 6.45) is 1.59. The van der Waals surface area contributed by atoms with E-state index < -0.39 is 0 Å². The molecule has 1 atom stereocenters. The zero-order chi connectivity index (χ0) is 11.8. The zero-order valence-electron chi connectivity index (χ0n) is 9.46. The number of H-pyrrole nitrogens is 1. The van der Waals surface area contributed by atoms with Crippen molar-refractivity contribution < 1.29 is 4.74 Å². The lowest BCUT2D eigenvalue weighted by Gasteiger charge is -2.33. The predicted octanol–water partition coefficient (Wildman–Crippen LogP) is 1.49. The Labute approximate surface area is 93.9 Å². The van der Waals surface area contributed by atoms with Crippen LogP contribution >= 0.6 is 0 Å². The fraction of sp³-hybridized carbons (Fsp3) is 0.500. The van der Waals surface area contributed by atoms with Gasteiger partial charge in [-0.3, -0.25) is 4.79 Å². The van der Waals surface area contributed by atoms with Crippen LogP contribution < -0.4 is 5.56 Å². The van der Waals surface area contributed by atoms with Crippen LogP contribution in [0, 0.1) is 11.3 Å². The summed E-state index contributed by atoms with van der Waals surface area (Å²) in [4.78, 5) is 14.3. The highest BCUT2D eigenvalue weighted by Gasteiger charge is 2.30. The molecule has 0 radical (unpaired) electrons. The van der Waals surface area contributed by atoms with Crippen molar-refractivity contribution >= 4 is 0 Å². The Morgan fingerprint density at radius 3 is 3.06 bits per heavy atom. The lowest BCUT2D eigenvalue weighted by Crippen LogP contribution is -2.36. The van der Waals surface area contributed by atoms with Gasteiger partial charge < -0.3 is 9.72 Å². The third kappa shape index (κ3) is 1.74. The first-order valence-electron chi connectivity index (χ1n) is 5.37. The molecule has 16 heavy (non-hydrogen) atoms. The fourth-order valence-electron chi connectivity index (χ4n) is 1.89. The number of nitriles is 1. The van der Waals surface area contributed by atoms with Gasteiger partial charge in [-0.05, 0) is 25.0 Å². The Bertz CT molecular complexity index is 513. The minimum absolute atomic E-state index is 0.155. The van der Waals surface area contributed by atoms with Crippen molar-refractivity contribution in [1.82, 2.24) is 4.98 Å². The molecule has 1 aliphatic rings. The Balaban J connectivity index is 2.46. The van der Waals surface area contributed by atoms with Crippen molar-refractivity contribution in [2.24, 2.45) is 0 Å². The first kappa shape index (κ1) is 10.9. The molecule has 0 fully saturated rings. The molecule has 1 N–H and O–H groups in total. The summed E-state index contributed by atoms with van der Waals surface area (Å²) in [5.41, 5.74) is 1.47. The van der Waals surface area contributed by atoms with Gasteiger partial charge in [-0.25, -0.2) is 0 Å². The largest absolute Gasteiger partial charge is 0.370 e. The summed E-state index contributed by atoms with van der Waals surface area (Å²) in [7, 11) is 0. The Kier molecular flexibility index (Phi) is 2.56. The number of fused-ring (bicyclic) bond motifs is 1. The average molecular weight is 218 g/mol. The van der Waals surface area contributed by atoms with Crippen LogP contribution in [0.2, 0.25) is 0 Å². The maximum Gasteiger partial charge on any atom is 0.266 e. The molecule has 0 aromatic carbocycles. The molecule has 4 heteroatoms. The summed E-state index contributed by atoms with van der Waals surface area (Å²) in [6, 6.07) is 3.51. The molecule has 2 heterocycles. The molecule has 84 valence electrons. The number of hydrogen-bond donors (Lipinski definition) is 1.